The molecule has 0 aliphatic heterocycles. The Kier molecular flexibility index (Phi) is 4.50. The van der Waals surface area contributed by atoms with Crippen LogP contribution in [-0.4, -0.2) is 27.3 Å². The summed E-state index contributed by atoms with van der Waals surface area (Å²) in [6, 6.07) is 3.50. The monoisotopic (exact) mass is 318 g/mol. The lowest BCUT2D eigenvalue weighted by Gasteiger charge is -2.04. The molecule has 7 nitrogen and oxygen atoms in total. The SMILES string of the molecule is O=C(NCCCn1ccnc1)Oc1cc(-c2ccsc2)on1. The molecule has 0 aromatic carbocycles. The van der Waals surface area contributed by atoms with Gasteiger partial charge in [0.2, 0.25) is 0 Å². The second kappa shape index (κ2) is 6.90. The van der Waals surface area contributed by atoms with Gasteiger partial charge in [-0.1, -0.05) is 0 Å². The highest BCUT2D eigenvalue weighted by Crippen LogP contribution is 2.25. The molecule has 114 valence electrons. The van der Waals surface area contributed by atoms with E-state index in [1.165, 1.54) is 0 Å². The molecule has 0 radical (unpaired) electrons. The number of thiophene rings is 1. The van der Waals surface area contributed by atoms with E-state index < -0.39 is 6.09 Å². The maximum atomic E-state index is 11.6. The zero-order chi connectivity index (χ0) is 15.2. The van der Waals surface area contributed by atoms with Crippen LogP contribution in [0.2, 0.25) is 0 Å². The van der Waals surface area contributed by atoms with Crippen molar-refractivity contribution in [3.63, 3.8) is 0 Å². The first-order valence-corrected chi connectivity index (χ1v) is 7.66. The van der Waals surface area contributed by atoms with E-state index in [4.69, 9.17) is 9.26 Å². The third-order valence-electron chi connectivity index (χ3n) is 2.91. The number of carbonyl (C=O) groups is 1. The number of aromatic nitrogens is 3. The zero-order valence-corrected chi connectivity index (χ0v) is 12.5. The molecule has 3 heterocycles. The van der Waals surface area contributed by atoms with Crippen LogP contribution in [0, 0.1) is 0 Å². The minimum absolute atomic E-state index is 0.147. The molecule has 3 rings (SSSR count). The lowest BCUT2D eigenvalue weighted by atomic mass is 10.3. The Labute approximate surface area is 130 Å². The second-order valence-corrected chi connectivity index (χ2v) is 5.29. The van der Waals surface area contributed by atoms with Gasteiger partial charge in [0.1, 0.15) is 0 Å². The van der Waals surface area contributed by atoms with Crippen LogP contribution in [-0.2, 0) is 6.54 Å². The van der Waals surface area contributed by atoms with Crippen molar-refractivity contribution in [1.29, 1.82) is 0 Å². The van der Waals surface area contributed by atoms with Crippen LogP contribution in [0.4, 0.5) is 4.79 Å². The molecule has 0 aliphatic rings. The zero-order valence-electron chi connectivity index (χ0n) is 11.6. The molecule has 3 aromatic heterocycles. The summed E-state index contributed by atoms with van der Waals surface area (Å²) in [6.45, 7) is 1.29. The fourth-order valence-corrected chi connectivity index (χ4v) is 2.50. The van der Waals surface area contributed by atoms with E-state index in [-0.39, 0.29) is 5.88 Å². The van der Waals surface area contributed by atoms with Gasteiger partial charge in [-0.05, 0) is 23.0 Å². The molecule has 8 heteroatoms. The van der Waals surface area contributed by atoms with Crippen LogP contribution in [0.5, 0.6) is 5.88 Å². The highest BCUT2D eigenvalue weighted by Gasteiger charge is 2.11. The number of hydrogen-bond donors (Lipinski definition) is 1. The van der Waals surface area contributed by atoms with Crippen molar-refractivity contribution in [2.75, 3.05) is 6.54 Å². The van der Waals surface area contributed by atoms with Gasteiger partial charge in [0.25, 0.3) is 5.88 Å². The average Bonchev–Trinajstić information content (AvgIpc) is 3.24. The Morgan fingerprint density at radius 2 is 2.45 bits per heavy atom. The van der Waals surface area contributed by atoms with Crippen molar-refractivity contribution in [1.82, 2.24) is 20.0 Å². The van der Waals surface area contributed by atoms with Crippen LogP contribution >= 0.6 is 11.3 Å². The van der Waals surface area contributed by atoms with Gasteiger partial charge < -0.3 is 19.1 Å². The number of ether oxygens (including phenoxy) is 1. The van der Waals surface area contributed by atoms with E-state index in [1.807, 2.05) is 27.6 Å². The van der Waals surface area contributed by atoms with E-state index in [2.05, 4.69) is 15.5 Å². The Bertz CT molecular complexity index is 706. The summed E-state index contributed by atoms with van der Waals surface area (Å²) in [4.78, 5) is 15.6. The van der Waals surface area contributed by atoms with Gasteiger partial charge in [0.15, 0.2) is 5.76 Å². The Morgan fingerprint density at radius 1 is 1.50 bits per heavy atom. The number of carbonyl (C=O) groups excluding carboxylic acids is 1. The van der Waals surface area contributed by atoms with Gasteiger partial charge in [0.05, 0.1) is 12.4 Å². The van der Waals surface area contributed by atoms with E-state index in [0.717, 1.165) is 18.5 Å². The Hall–Kier alpha value is -2.61. The van der Waals surface area contributed by atoms with Crippen molar-refractivity contribution in [3.8, 4) is 17.2 Å². The molecule has 0 bridgehead atoms. The van der Waals surface area contributed by atoms with Crippen molar-refractivity contribution < 1.29 is 14.1 Å². The third kappa shape index (κ3) is 3.73. The molecular weight excluding hydrogens is 304 g/mol. The van der Waals surface area contributed by atoms with E-state index in [0.29, 0.717) is 12.3 Å². The molecule has 0 saturated carbocycles. The lowest BCUT2D eigenvalue weighted by Crippen LogP contribution is -2.28. The molecule has 22 heavy (non-hydrogen) atoms. The smallest absolute Gasteiger partial charge is 0.388 e. The molecule has 0 fully saturated rings. The van der Waals surface area contributed by atoms with Gasteiger partial charge in [0, 0.05) is 36.4 Å². The minimum atomic E-state index is -0.546. The fraction of sp³-hybridized carbons (Fsp3) is 0.214. The van der Waals surface area contributed by atoms with Gasteiger partial charge in [-0.15, -0.1) is 0 Å². The topological polar surface area (TPSA) is 82.2 Å². The molecule has 0 atom stereocenters. The standard InChI is InChI=1S/C14H14N4O3S/c19-14(16-3-1-5-18-6-4-15-10-18)20-13-8-12(21-17-13)11-2-7-22-9-11/h2,4,6-10H,1,3,5H2,(H,16,19). The lowest BCUT2D eigenvalue weighted by molar-refractivity contribution is 0.195. The molecule has 0 aliphatic carbocycles. The van der Waals surface area contributed by atoms with Crippen molar-refractivity contribution in [3.05, 3.63) is 41.6 Å². The predicted molar refractivity (Wildman–Crippen MR) is 80.7 cm³/mol. The molecule has 0 spiro atoms. The molecule has 1 N–H and O–H groups in total. The minimum Gasteiger partial charge on any atom is -0.388 e. The van der Waals surface area contributed by atoms with E-state index >= 15 is 0 Å². The van der Waals surface area contributed by atoms with Gasteiger partial charge in [-0.2, -0.15) is 11.3 Å². The molecule has 0 unspecified atom stereocenters. The molecule has 3 aromatic rings. The maximum Gasteiger partial charge on any atom is 0.414 e. The Morgan fingerprint density at radius 3 is 3.23 bits per heavy atom. The first-order valence-electron chi connectivity index (χ1n) is 6.72. The average molecular weight is 318 g/mol. The summed E-state index contributed by atoms with van der Waals surface area (Å²) in [5.74, 6) is 0.720. The molecule has 0 saturated heterocycles. The van der Waals surface area contributed by atoms with E-state index in [9.17, 15) is 4.79 Å². The number of rotatable bonds is 6. The highest BCUT2D eigenvalue weighted by molar-refractivity contribution is 7.08. The number of aryl methyl sites for hydroxylation is 1. The van der Waals surface area contributed by atoms with Crippen LogP contribution < -0.4 is 10.1 Å². The number of amides is 1. The summed E-state index contributed by atoms with van der Waals surface area (Å²) >= 11 is 1.56. The van der Waals surface area contributed by atoms with Crippen LogP contribution in [0.25, 0.3) is 11.3 Å². The first-order chi connectivity index (χ1) is 10.8. The fourth-order valence-electron chi connectivity index (χ4n) is 1.85. The van der Waals surface area contributed by atoms with Gasteiger partial charge in [-0.25, -0.2) is 9.78 Å². The van der Waals surface area contributed by atoms with Crippen LogP contribution in [0.1, 0.15) is 6.42 Å². The third-order valence-corrected chi connectivity index (χ3v) is 3.60. The number of nitrogens with zero attached hydrogens (tertiary/aromatic N) is 3. The number of imidazole rings is 1. The molecular formula is C14H14N4O3S. The summed E-state index contributed by atoms with van der Waals surface area (Å²) in [5, 5.41) is 10.2. The van der Waals surface area contributed by atoms with Crippen LogP contribution in [0.15, 0.2) is 46.1 Å². The first kappa shape index (κ1) is 14.3. The van der Waals surface area contributed by atoms with Crippen molar-refractivity contribution in [2.24, 2.45) is 0 Å². The van der Waals surface area contributed by atoms with Crippen molar-refractivity contribution in [2.45, 2.75) is 13.0 Å². The summed E-state index contributed by atoms with van der Waals surface area (Å²) in [5.41, 5.74) is 0.910. The quantitative estimate of drug-likeness (QED) is 0.707. The molecule has 1 amide bonds. The normalized spacial score (nSPS) is 10.5. The van der Waals surface area contributed by atoms with Gasteiger partial charge >= 0.3 is 6.09 Å². The maximum absolute atomic E-state index is 11.6. The summed E-state index contributed by atoms with van der Waals surface area (Å²) in [7, 11) is 0. The number of nitrogens with one attached hydrogen (secondary N) is 1. The highest BCUT2D eigenvalue weighted by atomic mass is 32.1. The Balaban J connectivity index is 1.42. The van der Waals surface area contributed by atoms with Crippen molar-refractivity contribution >= 4 is 17.4 Å². The second-order valence-electron chi connectivity index (χ2n) is 4.51. The number of hydrogen-bond acceptors (Lipinski definition) is 6. The predicted octanol–water partition coefficient (Wildman–Crippen LogP) is 2.78. The summed E-state index contributed by atoms with van der Waals surface area (Å²) in [6.07, 6.45) is 5.57. The largest absolute Gasteiger partial charge is 0.414 e. The van der Waals surface area contributed by atoms with Gasteiger partial charge in [-0.3, -0.25) is 0 Å². The summed E-state index contributed by atoms with van der Waals surface area (Å²) < 4.78 is 12.1. The van der Waals surface area contributed by atoms with Crippen LogP contribution in [0.3, 0.4) is 0 Å². The van der Waals surface area contributed by atoms with E-state index in [1.54, 1.807) is 29.9 Å².